The molecule has 0 saturated carbocycles. The van der Waals surface area contributed by atoms with E-state index in [-0.39, 0.29) is 11.7 Å². The van der Waals surface area contributed by atoms with Crippen LogP contribution in [-0.4, -0.2) is 54.9 Å². The molecule has 1 amide bonds. The lowest BCUT2D eigenvalue weighted by molar-refractivity contribution is -0.113. The fourth-order valence-electron chi connectivity index (χ4n) is 4.29. The molecule has 0 unspecified atom stereocenters. The number of carbonyl (C=O) groups is 1. The van der Waals surface area contributed by atoms with Crippen LogP contribution >= 0.6 is 11.8 Å². The molecule has 34 heavy (non-hydrogen) atoms. The van der Waals surface area contributed by atoms with E-state index in [2.05, 4.69) is 56.3 Å². The average Bonchev–Trinajstić information content (AvgIpc) is 2.85. The molecule has 2 heterocycles. The van der Waals surface area contributed by atoms with Crippen LogP contribution in [0.15, 0.2) is 53.8 Å². The summed E-state index contributed by atoms with van der Waals surface area (Å²) in [5.41, 5.74) is 5.42. The number of benzene rings is 2. The normalized spacial score (nSPS) is 13.6. The summed E-state index contributed by atoms with van der Waals surface area (Å²) in [4.78, 5) is 26.4. The molecule has 0 atom stereocenters. The van der Waals surface area contributed by atoms with Gasteiger partial charge in [-0.3, -0.25) is 4.79 Å². The average molecular weight is 478 g/mol. The van der Waals surface area contributed by atoms with Crippen molar-refractivity contribution < 1.29 is 9.53 Å². The molecule has 8 heteroatoms. The number of nitrogens with one attached hydrogen (secondary N) is 1. The van der Waals surface area contributed by atoms with Crippen molar-refractivity contribution in [2.75, 3.05) is 54.2 Å². The second-order valence-corrected chi connectivity index (χ2v) is 9.43. The number of thioether (sulfide) groups is 1. The van der Waals surface area contributed by atoms with Gasteiger partial charge in [0.2, 0.25) is 5.91 Å². The van der Waals surface area contributed by atoms with Crippen LogP contribution in [0.3, 0.4) is 0 Å². The summed E-state index contributed by atoms with van der Waals surface area (Å²) < 4.78 is 5.26. The lowest BCUT2D eigenvalue weighted by Gasteiger charge is -2.37. The Balaban J connectivity index is 1.36. The molecular formula is C26H31N5O2S. The van der Waals surface area contributed by atoms with E-state index in [0.29, 0.717) is 0 Å². The largest absolute Gasteiger partial charge is 0.497 e. The number of rotatable bonds is 7. The second kappa shape index (κ2) is 10.8. The third-order valence-electron chi connectivity index (χ3n) is 5.94. The molecule has 178 valence electrons. The van der Waals surface area contributed by atoms with E-state index in [4.69, 9.17) is 4.74 Å². The Morgan fingerprint density at radius 1 is 0.971 bits per heavy atom. The number of piperazine rings is 1. The van der Waals surface area contributed by atoms with Crippen molar-refractivity contribution in [3.05, 3.63) is 65.5 Å². The van der Waals surface area contributed by atoms with Crippen molar-refractivity contribution in [1.29, 1.82) is 0 Å². The minimum absolute atomic E-state index is 0.0408. The number of carbonyl (C=O) groups excluding carboxylic acids is 1. The lowest BCUT2D eigenvalue weighted by atomic mass is 10.1. The minimum Gasteiger partial charge on any atom is -0.497 e. The van der Waals surface area contributed by atoms with Crippen LogP contribution in [0.4, 0.5) is 17.2 Å². The van der Waals surface area contributed by atoms with Crippen LogP contribution < -0.4 is 19.9 Å². The monoisotopic (exact) mass is 477 g/mol. The lowest BCUT2D eigenvalue weighted by Crippen LogP contribution is -2.47. The van der Waals surface area contributed by atoms with Crippen molar-refractivity contribution in [3.63, 3.8) is 0 Å². The molecular weight excluding hydrogens is 446 g/mol. The summed E-state index contributed by atoms with van der Waals surface area (Å²) in [6, 6.07) is 12.3. The number of anilines is 3. The molecule has 4 rings (SSSR count). The summed E-state index contributed by atoms with van der Waals surface area (Å²) in [6.45, 7) is 9.57. The van der Waals surface area contributed by atoms with E-state index in [9.17, 15) is 4.79 Å². The summed E-state index contributed by atoms with van der Waals surface area (Å²) in [7, 11) is 1.68. The summed E-state index contributed by atoms with van der Waals surface area (Å²) in [5, 5.41) is 3.86. The Morgan fingerprint density at radius 3 is 2.24 bits per heavy atom. The minimum atomic E-state index is -0.0408. The number of ether oxygens (including phenoxy) is 1. The van der Waals surface area contributed by atoms with Gasteiger partial charge in [-0.05, 0) is 56.2 Å². The highest BCUT2D eigenvalue weighted by Gasteiger charge is 2.22. The highest BCUT2D eigenvalue weighted by atomic mass is 32.2. The Morgan fingerprint density at radius 2 is 1.59 bits per heavy atom. The molecule has 3 aromatic rings. The molecule has 0 spiro atoms. The van der Waals surface area contributed by atoms with Gasteiger partial charge >= 0.3 is 0 Å². The molecule has 0 aliphatic carbocycles. The van der Waals surface area contributed by atoms with Crippen molar-refractivity contribution in [3.8, 4) is 5.75 Å². The van der Waals surface area contributed by atoms with Gasteiger partial charge in [-0.1, -0.05) is 29.5 Å². The molecule has 1 aromatic heterocycles. The first-order chi connectivity index (χ1) is 16.4. The van der Waals surface area contributed by atoms with Crippen LogP contribution in [-0.2, 0) is 4.79 Å². The maximum Gasteiger partial charge on any atom is 0.234 e. The molecule has 1 fully saturated rings. The number of amides is 1. The first-order valence-corrected chi connectivity index (χ1v) is 12.4. The fourth-order valence-corrected chi connectivity index (χ4v) is 5.08. The number of hydrogen-bond donors (Lipinski definition) is 1. The maximum absolute atomic E-state index is 12.7. The second-order valence-electron chi connectivity index (χ2n) is 8.47. The summed E-state index contributed by atoms with van der Waals surface area (Å²) >= 11 is 1.43. The van der Waals surface area contributed by atoms with E-state index in [1.54, 1.807) is 19.5 Å². The molecule has 0 radical (unpaired) electrons. The fraction of sp³-hybridized carbons (Fsp3) is 0.346. The highest BCUT2D eigenvalue weighted by molar-refractivity contribution is 8.00. The van der Waals surface area contributed by atoms with Gasteiger partial charge in [-0.25, -0.2) is 9.97 Å². The standard InChI is InChI=1S/C26H31N5O2S/c1-18-15-19(2)24(20(3)16-18)29-23(32)17-34-26-25(27-9-10-28-26)31-13-11-30(12-14-31)21-5-7-22(33-4)8-6-21/h5-10,15-16H,11-14,17H2,1-4H3,(H,29,32). The van der Waals surface area contributed by atoms with Crippen LogP contribution in [0.2, 0.25) is 0 Å². The Hall–Kier alpha value is -3.26. The van der Waals surface area contributed by atoms with E-state index in [0.717, 1.165) is 59.6 Å². The van der Waals surface area contributed by atoms with Gasteiger partial charge in [0.1, 0.15) is 10.8 Å². The van der Waals surface area contributed by atoms with Crippen molar-refractivity contribution in [1.82, 2.24) is 9.97 Å². The Labute approximate surface area is 205 Å². The number of hydrogen-bond acceptors (Lipinski definition) is 7. The zero-order valence-electron chi connectivity index (χ0n) is 20.2. The van der Waals surface area contributed by atoms with Crippen LogP contribution in [0.25, 0.3) is 0 Å². The molecule has 1 aliphatic rings. The van der Waals surface area contributed by atoms with Crippen molar-refractivity contribution in [2.45, 2.75) is 25.8 Å². The van der Waals surface area contributed by atoms with Gasteiger partial charge in [-0.2, -0.15) is 0 Å². The quantitative estimate of drug-likeness (QED) is 0.504. The zero-order chi connectivity index (χ0) is 24.1. The first kappa shape index (κ1) is 23.9. The van der Waals surface area contributed by atoms with Gasteiger partial charge in [0.05, 0.1) is 12.9 Å². The van der Waals surface area contributed by atoms with Gasteiger partial charge in [0.15, 0.2) is 5.82 Å². The zero-order valence-corrected chi connectivity index (χ0v) is 21.0. The van der Waals surface area contributed by atoms with Crippen LogP contribution in [0.5, 0.6) is 5.75 Å². The van der Waals surface area contributed by atoms with Gasteiger partial charge in [0.25, 0.3) is 0 Å². The van der Waals surface area contributed by atoms with Gasteiger partial charge < -0.3 is 19.9 Å². The smallest absolute Gasteiger partial charge is 0.234 e. The predicted octanol–water partition coefficient (Wildman–Crippen LogP) is 4.47. The molecule has 1 N–H and O–H groups in total. The predicted molar refractivity (Wildman–Crippen MR) is 139 cm³/mol. The Kier molecular flexibility index (Phi) is 7.57. The van der Waals surface area contributed by atoms with E-state index in [1.807, 2.05) is 26.0 Å². The maximum atomic E-state index is 12.7. The third kappa shape index (κ3) is 5.62. The summed E-state index contributed by atoms with van der Waals surface area (Å²) in [5.74, 6) is 1.95. The SMILES string of the molecule is COc1ccc(N2CCN(c3nccnc3SCC(=O)Nc3c(C)cc(C)cc3C)CC2)cc1. The molecule has 1 saturated heterocycles. The van der Waals surface area contributed by atoms with Crippen LogP contribution in [0.1, 0.15) is 16.7 Å². The topological polar surface area (TPSA) is 70.6 Å². The van der Waals surface area contributed by atoms with E-state index < -0.39 is 0 Å². The molecule has 2 aromatic carbocycles. The first-order valence-electron chi connectivity index (χ1n) is 11.4. The summed E-state index contributed by atoms with van der Waals surface area (Å²) in [6.07, 6.45) is 3.40. The van der Waals surface area contributed by atoms with Crippen molar-refractivity contribution >= 4 is 34.9 Å². The van der Waals surface area contributed by atoms with Crippen LogP contribution in [0, 0.1) is 20.8 Å². The highest BCUT2D eigenvalue weighted by Crippen LogP contribution is 2.29. The molecule has 1 aliphatic heterocycles. The van der Waals surface area contributed by atoms with E-state index >= 15 is 0 Å². The number of aryl methyl sites for hydroxylation is 3. The van der Waals surface area contributed by atoms with Crippen molar-refractivity contribution in [2.24, 2.45) is 0 Å². The number of aromatic nitrogens is 2. The van der Waals surface area contributed by atoms with Gasteiger partial charge in [-0.15, -0.1) is 0 Å². The third-order valence-corrected chi connectivity index (χ3v) is 6.91. The number of methoxy groups -OCH3 is 1. The van der Waals surface area contributed by atoms with Gasteiger partial charge in [0, 0.05) is 49.9 Å². The molecule has 7 nitrogen and oxygen atoms in total. The number of nitrogens with zero attached hydrogens (tertiary/aromatic N) is 4. The van der Waals surface area contributed by atoms with E-state index in [1.165, 1.54) is 23.0 Å². The molecule has 0 bridgehead atoms. The Bertz CT molecular complexity index is 1120.